The van der Waals surface area contributed by atoms with Gasteiger partial charge in [0.25, 0.3) is 0 Å². The molecule has 1 aromatic heterocycles. The normalized spacial score (nSPS) is 12.4. The van der Waals surface area contributed by atoms with Crippen molar-refractivity contribution >= 4 is 17.2 Å². The van der Waals surface area contributed by atoms with Gasteiger partial charge in [0.2, 0.25) is 5.91 Å². The summed E-state index contributed by atoms with van der Waals surface area (Å²) >= 11 is 1.62. The third-order valence-electron chi connectivity index (χ3n) is 2.11. The zero-order chi connectivity index (χ0) is 10.4. The Morgan fingerprint density at radius 1 is 1.57 bits per heavy atom. The first-order valence-corrected chi connectivity index (χ1v) is 5.64. The molecule has 3 nitrogen and oxygen atoms in total. The first-order chi connectivity index (χ1) is 6.75. The van der Waals surface area contributed by atoms with E-state index in [1.807, 2.05) is 30.8 Å². The first-order valence-electron chi connectivity index (χ1n) is 4.70. The predicted octanol–water partition coefficient (Wildman–Crippen LogP) is 1.19. The van der Waals surface area contributed by atoms with E-state index in [2.05, 4.69) is 10.6 Å². The lowest BCUT2D eigenvalue weighted by atomic mass is 10.0. The second-order valence-corrected chi connectivity index (χ2v) is 3.95. The van der Waals surface area contributed by atoms with Crippen LogP contribution in [-0.2, 0) is 4.79 Å². The zero-order valence-electron chi connectivity index (χ0n) is 8.54. The van der Waals surface area contributed by atoms with Crippen molar-refractivity contribution in [2.24, 2.45) is 0 Å². The highest BCUT2D eigenvalue weighted by Gasteiger charge is 2.14. The van der Waals surface area contributed by atoms with Crippen LogP contribution in [0.15, 0.2) is 16.8 Å². The number of carbonyl (C=O) groups is 1. The fourth-order valence-corrected chi connectivity index (χ4v) is 1.89. The van der Waals surface area contributed by atoms with Crippen molar-refractivity contribution in [3.05, 3.63) is 22.4 Å². The second-order valence-electron chi connectivity index (χ2n) is 3.17. The van der Waals surface area contributed by atoms with Crippen molar-refractivity contribution < 1.29 is 4.79 Å². The topological polar surface area (TPSA) is 41.1 Å². The molecule has 0 aliphatic heterocycles. The van der Waals surface area contributed by atoms with Crippen LogP contribution < -0.4 is 10.6 Å². The van der Waals surface area contributed by atoms with Crippen LogP contribution >= 0.6 is 11.3 Å². The molecule has 0 saturated carbocycles. The van der Waals surface area contributed by atoms with E-state index in [4.69, 9.17) is 0 Å². The van der Waals surface area contributed by atoms with Crippen LogP contribution in [0, 0.1) is 0 Å². The molecule has 0 saturated heterocycles. The Morgan fingerprint density at radius 3 is 2.93 bits per heavy atom. The summed E-state index contributed by atoms with van der Waals surface area (Å²) in [6.07, 6.45) is 0. The van der Waals surface area contributed by atoms with Crippen molar-refractivity contribution in [2.45, 2.75) is 12.8 Å². The van der Waals surface area contributed by atoms with Gasteiger partial charge in [-0.3, -0.25) is 4.79 Å². The molecule has 0 bridgehead atoms. The smallest absolute Gasteiger partial charge is 0.227 e. The maximum absolute atomic E-state index is 11.6. The molecule has 14 heavy (non-hydrogen) atoms. The Kier molecular flexibility index (Phi) is 4.62. The van der Waals surface area contributed by atoms with Gasteiger partial charge in [-0.1, -0.05) is 0 Å². The largest absolute Gasteiger partial charge is 0.354 e. The number of thiophene rings is 1. The second kappa shape index (κ2) is 5.78. The SMILES string of the molecule is CNCCNC(=O)C(C)c1ccsc1. The third kappa shape index (κ3) is 3.12. The number of likely N-dealkylation sites (N-methyl/N-ethyl adjacent to an activating group) is 1. The minimum atomic E-state index is -0.0434. The minimum absolute atomic E-state index is 0.0434. The van der Waals surface area contributed by atoms with Crippen LogP contribution in [-0.4, -0.2) is 26.0 Å². The molecule has 2 N–H and O–H groups in total. The van der Waals surface area contributed by atoms with E-state index in [1.54, 1.807) is 11.3 Å². The molecule has 1 unspecified atom stereocenters. The maximum atomic E-state index is 11.6. The molecule has 0 spiro atoms. The molecule has 0 radical (unpaired) electrons. The summed E-state index contributed by atoms with van der Waals surface area (Å²) in [5.41, 5.74) is 1.09. The van der Waals surface area contributed by atoms with Crippen molar-refractivity contribution in [3.63, 3.8) is 0 Å². The highest BCUT2D eigenvalue weighted by atomic mass is 32.1. The van der Waals surface area contributed by atoms with Gasteiger partial charge >= 0.3 is 0 Å². The lowest BCUT2D eigenvalue weighted by molar-refractivity contribution is -0.122. The summed E-state index contributed by atoms with van der Waals surface area (Å²) in [7, 11) is 1.87. The maximum Gasteiger partial charge on any atom is 0.227 e. The van der Waals surface area contributed by atoms with Gasteiger partial charge in [-0.15, -0.1) is 0 Å². The van der Waals surface area contributed by atoms with Gasteiger partial charge in [-0.2, -0.15) is 11.3 Å². The quantitative estimate of drug-likeness (QED) is 0.720. The molecule has 0 aromatic carbocycles. The zero-order valence-corrected chi connectivity index (χ0v) is 9.36. The van der Waals surface area contributed by atoms with E-state index in [-0.39, 0.29) is 11.8 Å². The van der Waals surface area contributed by atoms with Crippen molar-refractivity contribution in [2.75, 3.05) is 20.1 Å². The van der Waals surface area contributed by atoms with Gasteiger partial charge in [-0.25, -0.2) is 0 Å². The van der Waals surface area contributed by atoms with Crippen LogP contribution in [0.2, 0.25) is 0 Å². The number of hydrogen-bond acceptors (Lipinski definition) is 3. The molecule has 1 atom stereocenters. The Balaban J connectivity index is 2.37. The minimum Gasteiger partial charge on any atom is -0.354 e. The van der Waals surface area contributed by atoms with Crippen LogP contribution in [0.25, 0.3) is 0 Å². The van der Waals surface area contributed by atoms with Gasteiger partial charge in [0.15, 0.2) is 0 Å². The Hall–Kier alpha value is -0.870. The van der Waals surface area contributed by atoms with Crippen LogP contribution in [0.3, 0.4) is 0 Å². The Bertz CT molecular complexity index is 272. The fraction of sp³-hybridized carbons (Fsp3) is 0.500. The molecule has 1 heterocycles. The van der Waals surface area contributed by atoms with Crippen LogP contribution in [0.4, 0.5) is 0 Å². The van der Waals surface area contributed by atoms with E-state index in [1.165, 1.54) is 0 Å². The van der Waals surface area contributed by atoms with Gasteiger partial charge in [0, 0.05) is 13.1 Å². The first kappa shape index (κ1) is 11.2. The van der Waals surface area contributed by atoms with Gasteiger partial charge in [-0.05, 0) is 36.4 Å². The molecule has 0 aliphatic carbocycles. The average Bonchev–Trinajstić information content (AvgIpc) is 2.69. The van der Waals surface area contributed by atoms with E-state index >= 15 is 0 Å². The number of amides is 1. The van der Waals surface area contributed by atoms with Crippen LogP contribution in [0.1, 0.15) is 18.4 Å². The molecular formula is C10H16N2OS. The molecule has 78 valence electrons. The van der Waals surface area contributed by atoms with E-state index in [0.717, 1.165) is 12.1 Å². The van der Waals surface area contributed by atoms with Crippen molar-refractivity contribution in [3.8, 4) is 0 Å². The fourth-order valence-electron chi connectivity index (χ4n) is 1.14. The van der Waals surface area contributed by atoms with Crippen molar-refractivity contribution in [1.29, 1.82) is 0 Å². The average molecular weight is 212 g/mol. The summed E-state index contributed by atoms with van der Waals surface area (Å²) in [5.74, 6) is 0.0526. The Morgan fingerprint density at radius 2 is 2.36 bits per heavy atom. The van der Waals surface area contributed by atoms with E-state index in [0.29, 0.717) is 6.54 Å². The molecular weight excluding hydrogens is 196 g/mol. The van der Waals surface area contributed by atoms with Gasteiger partial charge in [0.05, 0.1) is 5.92 Å². The summed E-state index contributed by atoms with van der Waals surface area (Å²) in [6.45, 7) is 3.42. The molecule has 1 rings (SSSR count). The predicted molar refractivity (Wildman–Crippen MR) is 59.7 cm³/mol. The van der Waals surface area contributed by atoms with E-state index in [9.17, 15) is 4.79 Å². The summed E-state index contributed by atoms with van der Waals surface area (Å²) in [5, 5.41) is 9.87. The van der Waals surface area contributed by atoms with Crippen LogP contribution in [0.5, 0.6) is 0 Å². The summed E-state index contributed by atoms with van der Waals surface area (Å²) in [6, 6.07) is 1.99. The van der Waals surface area contributed by atoms with E-state index < -0.39 is 0 Å². The standard InChI is InChI=1S/C10H16N2OS/c1-8(9-3-6-14-7-9)10(13)12-5-4-11-2/h3,6-8,11H,4-5H2,1-2H3,(H,12,13). The molecule has 0 fully saturated rings. The van der Waals surface area contributed by atoms with Crippen molar-refractivity contribution in [1.82, 2.24) is 10.6 Å². The number of hydrogen-bond donors (Lipinski definition) is 2. The lowest BCUT2D eigenvalue weighted by Gasteiger charge is -2.10. The summed E-state index contributed by atoms with van der Waals surface area (Å²) < 4.78 is 0. The molecule has 4 heteroatoms. The summed E-state index contributed by atoms with van der Waals surface area (Å²) in [4.78, 5) is 11.6. The highest BCUT2D eigenvalue weighted by Crippen LogP contribution is 2.17. The van der Waals surface area contributed by atoms with Gasteiger partial charge < -0.3 is 10.6 Å². The molecule has 1 aromatic rings. The number of carbonyl (C=O) groups excluding carboxylic acids is 1. The molecule has 0 aliphatic rings. The molecule has 1 amide bonds. The highest BCUT2D eigenvalue weighted by molar-refractivity contribution is 7.08. The number of nitrogens with one attached hydrogen (secondary N) is 2. The lowest BCUT2D eigenvalue weighted by Crippen LogP contribution is -2.33. The number of rotatable bonds is 5. The Labute approximate surface area is 88.5 Å². The van der Waals surface area contributed by atoms with Gasteiger partial charge in [0.1, 0.15) is 0 Å². The monoisotopic (exact) mass is 212 g/mol. The third-order valence-corrected chi connectivity index (χ3v) is 2.81.